The first-order valence-corrected chi connectivity index (χ1v) is 8.44. The lowest BCUT2D eigenvalue weighted by Gasteiger charge is -2.13. The van der Waals surface area contributed by atoms with E-state index in [1.165, 1.54) is 24.7 Å². The van der Waals surface area contributed by atoms with Crippen molar-refractivity contribution in [2.45, 2.75) is 32.1 Å². The molecule has 0 spiro atoms. The number of carbonyl (C=O) groups excluding carboxylic acids is 2. The minimum Gasteiger partial charge on any atom is -0.348 e. The van der Waals surface area contributed by atoms with E-state index >= 15 is 0 Å². The number of amides is 2. The fourth-order valence-electron chi connectivity index (χ4n) is 2.78. The molecule has 0 unspecified atom stereocenters. The van der Waals surface area contributed by atoms with Crippen LogP contribution >= 0.6 is 0 Å². The fraction of sp³-hybridized carbons (Fsp3) is 0.333. The number of carbonyl (C=O) groups is 2. The Morgan fingerprint density at radius 1 is 1.12 bits per heavy atom. The number of allylic oxidation sites excluding steroid dienone is 1. The molecule has 0 bridgehead atoms. The zero-order valence-electron chi connectivity index (χ0n) is 13.9. The number of rotatable bonds is 5. The van der Waals surface area contributed by atoms with Gasteiger partial charge < -0.3 is 10.6 Å². The van der Waals surface area contributed by atoms with Gasteiger partial charge >= 0.3 is 11.8 Å². The molecule has 0 fully saturated rings. The third-order valence-electron chi connectivity index (χ3n) is 4.13. The van der Waals surface area contributed by atoms with Crippen LogP contribution in [0.5, 0.6) is 0 Å². The predicted molar refractivity (Wildman–Crippen MR) is 94.2 cm³/mol. The van der Waals surface area contributed by atoms with Gasteiger partial charge in [-0.1, -0.05) is 11.6 Å². The minimum absolute atomic E-state index is 0.489. The van der Waals surface area contributed by atoms with Crippen molar-refractivity contribution >= 4 is 17.5 Å². The number of hydrogen-bond acceptors (Lipinski definition) is 4. The van der Waals surface area contributed by atoms with E-state index in [2.05, 4.69) is 26.8 Å². The highest BCUT2D eigenvalue weighted by Crippen LogP contribution is 2.19. The van der Waals surface area contributed by atoms with Gasteiger partial charge in [0.1, 0.15) is 12.7 Å². The molecule has 1 heterocycles. The van der Waals surface area contributed by atoms with Gasteiger partial charge in [-0.25, -0.2) is 9.67 Å². The molecule has 0 aliphatic heterocycles. The predicted octanol–water partition coefficient (Wildman–Crippen LogP) is 2.21. The van der Waals surface area contributed by atoms with Crippen molar-refractivity contribution in [3.05, 3.63) is 48.6 Å². The van der Waals surface area contributed by atoms with Crippen molar-refractivity contribution in [3.8, 4) is 5.69 Å². The van der Waals surface area contributed by atoms with E-state index in [0.29, 0.717) is 12.2 Å². The molecule has 7 heteroatoms. The molecule has 0 radical (unpaired) electrons. The van der Waals surface area contributed by atoms with Gasteiger partial charge in [0.05, 0.1) is 5.69 Å². The van der Waals surface area contributed by atoms with E-state index in [0.717, 1.165) is 24.9 Å². The van der Waals surface area contributed by atoms with E-state index in [4.69, 9.17) is 0 Å². The van der Waals surface area contributed by atoms with Crippen LogP contribution in [0, 0.1) is 0 Å². The van der Waals surface area contributed by atoms with Gasteiger partial charge in [-0.2, -0.15) is 5.10 Å². The highest BCUT2D eigenvalue weighted by atomic mass is 16.2. The molecule has 1 aromatic carbocycles. The van der Waals surface area contributed by atoms with Gasteiger partial charge in [-0.05, 0) is 56.4 Å². The lowest BCUT2D eigenvalue weighted by atomic mass is 9.97. The quantitative estimate of drug-likeness (QED) is 0.646. The number of nitrogens with one attached hydrogen (secondary N) is 2. The summed E-state index contributed by atoms with van der Waals surface area (Å²) in [6, 6.07) is 7.01. The Hall–Kier alpha value is -2.96. The Bertz CT molecular complexity index is 750. The van der Waals surface area contributed by atoms with Gasteiger partial charge in [-0.3, -0.25) is 9.59 Å². The molecule has 130 valence electrons. The smallest absolute Gasteiger partial charge is 0.313 e. The van der Waals surface area contributed by atoms with Crippen LogP contribution in [0.25, 0.3) is 5.69 Å². The Kier molecular flexibility index (Phi) is 5.56. The van der Waals surface area contributed by atoms with Crippen LogP contribution in [0.4, 0.5) is 5.69 Å². The Morgan fingerprint density at radius 2 is 1.96 bits per heavy atom. The zero-order valence-corrected chi connectivity index (χ0v) is 13.9. The molecular weight excluding hydrogens is 318 g/mol. The summed E-state index contributed by atoms with van der Waals surface area (Å²) in [6.07, 6.45) is 10.8. The number of benzene rings is 1. The summed E-state index contributed by atoms with van der Waals surface area (Å²) in [7, 11) is 0. The highest BCUT2D eigenvalue weighted by molar-refractivity contribution is 6.39. The normalized spacial score (nSPS) is 13.8. The Labute approximate surface area is 146 Å². The van der Waals surface area contributed by atoms with Crippen LogP contribution in [0.1, 0.15) is 32.1 Å². The van der Waals surface area contributed by atoms with Gasteiger partial charge in [0.25, 0.3) is 0 Å². The number of aromatic nitrogens is 3. The van der Waals surface area contributed by atoms with E-state index in [1.807, 2.05) is 0 Å². The van der Waals surface area contributed by atoms with Crippen molar-refractivity contribution < 1.29 is 9.59 Å². The van der Waals surface area contributed by atoms with E-state index in [-0.39, 0.29) is 0 Å². The lowest BCUT2D eigenvalue weighted by molar-refractivity contribution is -0.136. The second kappa shape index (κ2) is 8.23. The summed E-state index contributed by atoms with van der Waals surface area (Å²) in [5.74, 6) is -1.28. The lowest BCUT2D eigenvalue weighted by Crippen LogP contribution is -2.36. The molecule has 25 heavy (non-hydrogen) atoms. The first-order chi connectivity index (χ1) is 12.2. The average molecular weight is 339 g/mol. The number of anilines is 1. The zero-order chi connectivity index (χ0) is 17.5. The molecule has 1 aromatic heterocycles. The Morgan fingerprint density at radius 3 is 2.64 bits per heavy atom. The van der Waals surface area contributed by atoms with E-state index in [1.54, 1.807) is 35.3 Å². The van der Waals surface area contributed by atoms with Crippen LogP contribution < -0.4 is 10.6 Å². The molecule has 2 N–H and O–H groups in total. The molecule has 1 aliphatic carbocycles. The minimum atomic E-state index is -0.661. The third-order valence-corrected chi connectivity index (χ3v) is 4.13. The number of nitrogens with zero attached hydrogens (tertiary/aromatic N) is 3. The molecular formula is C18H21N5O2. The van der Waals surface area contributed by atoms with Crippen molar-refractivity contribution in [1.29, 1.82) is 0 Å². The standard InChI is InChI=1S/C18H21N5O2/c24-17(20-11-10-14-4-2-1-3-5-14)18(25)22-15-6-8-16(9-7-15)23-13-19-12-21-23/h4,6-9,12-13H,1-3,5,10-11H2,(H,20,24)(H,22,25). The molecule has 0 saturated carbocycles. The maximum Gasteiger partial charge on any atom is 0.313 e. The van der Waals surface area contributed by atoms with Crippen molar-refractivity contribution in [2.75, 3.05) is 11.9 Å². The summed E-state index contributed by atoms with van der Waals surface area (Å²) < 4.78 is 1.61. The van der Waals surface area contributed by atoms with Gasteiger partial charge in [-0.15, -0.1) is 0 Å². The average Bonchev–Trinajstić information content (AvgIpc) is 3.18. The Balaban J connectivity index is 1.46. The van der Waals surface area contributed by atoms with Crippen molar-refractivity contribution in [1.82, 2.24) is 20.1 Å². The van der Waals surface area contributed by atoms with Crippen LogP contribution in [-0.2, 0) is 9.59 Å². The first kappa shape index (κ1) is 16.9. The molecule has 7 nitrogen and oxygen atoms in total. The van der Waals surface area contributed by atoms with Crippen LogP contribution in [0.2, 0.25) is 0 Å². The van der Waals surface area contributed by atoms with Gasteiger partial charge in [0, 0.05) is 12.2 Å². The summed E-state index contributed by atoms with van der Waals surface area (Å²) in [5.41, 5.74) is 2.75. The maximum atomic E-state index is 11.9. The molecule has 1 aliphatic rings. The maximum absolute atomic E-state index is 11.9. The van der Waals surface area contributed by atoms with Gasteiger partial charge in [0.15, 0.2) is 0 Å². The SMILES string of the molecule is O=C(NCCC1=CCCCC1)C(=O)Nc1ccc(-n2cncn2)cc1. The second-order valence-electron chi connectivity index (χ2n) is 5.96. The van der Waals surface area contributed by atoms with Crippen LogP contribution in [0.15, 0.2) is 48.6 Å². The molecule has 2 aromatic rings. The van der Waals surface area contributed by atoms with Crippen LogP contribution in [-0.4, -0.2) is 33.1 Å². The largest absolute Gasteiger partial charge is 0.348 e. The third kappa shape index (κ3) is 4.76. The van der Waals surface area contributed by atoms with E-state index in [9.17, 15) is 9.59 Å². The molecule has 3 rings (SSSR count). The number of hydrogen-bond donors (Lipinski definition) is 2. The summed E-state index contributed by atoms with van der Waals surface area (Å²) in [4.78, 5) is 27.7. The summed E-state index contributed by atoms with van der Waals surface area (Å²) in [5, 5.41) is 9.29. The van der Waals surface area contributed by atoms with E-state index < -0.39 is 11.8 Å². The molecule has 0 saturated heterocycles. The van der Waals surface area contributed by atoms with Gasteiger partial charge in [0.2, 0.25) is 0 Å². The fourth-order valence-corrected chi connectivity index (χ4v) is 2.78. The van der Waals surface area contributed by atoms with Crippen molar-refractivity contribution in [2.24, 2.45) is 0 Å². The summed E-state index contributed by atoms with van der Waals surface area (Å²) in [6.45, 7) is 0.489. The highest BCUT2D eigenvalue weighted by Gasteiger charge is 2.13. The second-order valence-corrected chi connectivity index (χ2v) is 5.96. The summed E-state index contributed by atoms with van der Waals surface area (Å²) >= 11 is 0. The first-order valence-electron chi connectivity index (χ1n) is 8.44. The molecule has 0 atom stereocenters. The molecule has 2 amide bonds. The topological polar surface area (TPSA) is 88.9 Å². The van der Waals surface area contributed by atoms with Crippen LogP contribution in [0.3, 0.4) is 0 Å². The monoisotopic (exact) mass is 339 g/mol. The van der Waals surface area contributed by atoms with Crippen molar-refractivity contribution in [3.63, 3.8) is 0 Å².